The molecule has 124 valence electrons. The Bertz CT molecular complexity index is 493. The fourth-order valence-electron chi connectivity index (χ4n) is 2.96. The number of aryl methyl sites for hydroxylation is 2. The second-order valence-electron chi connectivity index (χ2n) is 5.92. The molecule has 1 saturated heterocycles. The van der Waals surface area contributed by atoms with Gasteiger partial charge >= 0.3 is 0 Å². The van der Waals surface area contributed by atoms with Gasteiger partial charge in [0.25, 0.3) is 0 Å². The van der Waals surface area contributed by atoms with Crippen molar-refractivity contribution in [1.29, 1.82) is 0 Å². The van der Waals surface area contributed by atoms with E-state index in [0.717, 1.165) is 13.1 Å². The number of nitrogens with one attached hydrogen (secondary N) is 1. The average molecular weight is 310 g/mol. The van der Waals surface area contributed by atoms with Crippen LogP contribution in [0.25, 0.3) is 0 Å². The monoisotopic (exact) mass is 310 g/mol. The highest BCUT2D eigenvalue weighted by atomic mass is 16.5. The molecule has 1 aromatic rings. The molecule has 2 heterocycles. The fourth-order valence-corrected chi connectivity index (χ4v) is 2.96. The molecule has 2 rings (SSSR count). The Morgan fingerprint density at radius 1 is 1.59 bits per heavy atom. The number of methoxy groups -OCH3 is 1. The molecule has 0 aromatic carbocycles. The summed E-state index contributed by atoms with van der Waals surface area (Å²) in [5.41, 5.74) is 1.78. The summed E-state index contributed by atoms with van der Waals surface area (Å²) in [6.07, 6.45) is 2.18. The Balaban J connectivity index is 2.09. The van der Waals surface area contributed by atoms with Gasteiger partial charge < -0.3 is 14.8 Å². The highest BCUT2D eigenvalue weighted by Gasteiger charge is 2.39. The summed E-state index contributed by atoms with van der Waals surface area (Å²) in [6, 6.07) is 0. The van der Waals surface area contributed by atoms with E-state index in [0.29, 0.717) is 26.2 Å². The van der Waals surface area contributed by atoms with Crippen molar-refractivity contribution < 1.29 is 14.3 Å². The quantitative estimate of drug-likeness (QED) is 0.806. The zero-order valence-electron chi connectivity index (χ0n) is 13.9. The van der Waals surface area contributed by atoms with Crippen molar-refractivity contribution in [2.24, 2.45) is 7.05 Å². The molecule has 0 unspecified atom stereocenters. The maximum atomic E-state index is 11.8. The van der Waals surface area contributed by atoms with Gasteiger partial charge in [-0.2, -0.15) is 5.10 Å². The zero-order chi connectivity index (χ0) is 16.2. The van der Waals surface area contributed by atoms with E-state index >= 15 is 0 Å². The van der Waals surface area contributed by atoms with E-state index in [1.165, 1.54) is 11.3 Å². The van der Waals surface area contributed by atoms with Crippen molar-refractivity contribution in [1.82, 2.24) is 20.0 Å². The van der Waals surface area contributed by atoms with Crippen LogP contribution in [0.15, 0.2) is 6.20 Å². The van der Waals surface area contributed by atoms with Crippen LogP contribution in [-0.2, 0) is 27.9 Å². The Kier molecular flexibility index (Phi) is 5.55. The number of nitrogens with zero attached hydrogens (tertiary/aromatic N) is 3. The molecular weight excluding hydrogens is 284 g/mol. The van der Waals surface area contributed by atoms with E-state index in [2.05, 4.69) is 22.2 Å². The molecule has 7 nitrogen and oxygen atoms in total. The summed E-state index contributed by atoms with van der Waals surface area (Å²) < 4.78 is 13.2. The summed E-state index contributed by atoms with van der Waals surface area (Å²) in [5, 5.41) is 6.95. The molecule has 0 aliphatic carbocycles. The maximum Gasteiger partial charge on any atom is 0.222 e. The van der Waals surface area contributed by atoms with Gasteiger partial charge in [0.1, 0.15) is 5.60 Å². The molecule has 7 heteroatoms. The van der Waals surface area contributed by atoms with Crippen LogP contribution in [0.5, 0.6) is 0 Å². The van der Waals surface area contributed by atoms with Gasteiger partial charge in [-0.1, -0.05) is 0 Å². The van der Waals surface area contributed by atoms with E-state index in [4.69, 9.17) is 9.47 Å². The van der Waals surface area contributed by atoms with E-state index < -0.39 is 5.60 Å². The van der Waals surface area contributed by atoms with Crippen LogP contribution in [0.1, 0.15) is 17.7 Å². The van der Waals surface area contributed by atoms with E-state index in [1.807, 2.05) is 17.9 Å². The minimum absolute atomic E-state index is 0.0318. The Morgan fingerprint density at radius 3 is 2.95 bits per heavy atom. The van der Waals surface area contributed by atoms with Gasteiger partial charge in [-0.15, -0.1) is 0 Å². The number of morpholine rings is 1. The smallest absolute Gasteiger partial charge is 0.222 e. The first-order chi connectivity index (χ1) is 10.5. The van der Waals surface area contributed by atoms with Gasteiger partial charge in [0.2, 0.25) is 5.91 Å². The number of ether oxygens (including phenoxy) is 2. The van der Waals surface area contributed by atoms with Gasteiger partial charge in [-0.25, -0.2) is 0 Å². The summed E-state index contributed by atoms with van der Waals surface area (Å²) in [6.45, 7) is 5.36. The molecule has 1 fully saturated rings. The van der Waals surface area contributed by atoms with Crippen LogP contribution >= 0.6 is 0 Å². The highest BCUT2D eigenvalue weighted by molar-refractivity contribution is 5.76. The van der Waals surface area contributed by atoms with Crippen molar-refractivity contribution in [3.8, 4) is 0 Å². The maximum absolute atomic E-state index is 11.8. The first-order valence-corrected chi connectivity index (χ1v) is 7.53. The normalized spacial score (nSPS) is 22.7. The largest absolute Gasteiger partial charge is 0.382 e. The first-order valence-electron chi connectivity index (χ1n) is 7.53. The predicted molar refractivity (Wildman–Crippen MR) is 82.5 cm³/mol. The minimum Gasteiger partial charge on any atom is -0.382 e. The molecule has 1 aliphatic heterocycles. The molecule has 0 radical (unpaired) electrons. The first kappa shape index (κ1) is 16.9. The van der Waals surface area contributed by atoms with Gasteiger partial charge in [0, 0.05) is 40.8 Å². The van der Waals surface area contributed by atoms with Crippen LogP contribution in [0, 0.1) is 6.92 Å². The Morgan fingerprint density at radius 2 is 2.36 bits per heavy atom. The molecule has 22 heavy (non-hydrogen) atoms. The van der Waals surface area contributed by atoms with Crippen molar-refractivity contribution in [3.05, 3.63) is 17.5 Å². The lowest BCUT2D eigenvalue weighted by atomic mass is 9.97. The van der Waals surface area contributed by atoms with E-state index in [9.17, 15) is 4.79 Å². The third kappa shape index (κ3) is 3.85. The van der Waals surface area contributed by atoms with Gasteiger partial charge in [-0.05, 0) is 12.5 Å². The van der Waals surface area contributed by atoms with Crippen molar-refractivity contribution in [2.75, 3.05) is 40.5 Å². The number of hydrogen-bond acceptors (Lipinski definition) is 5. The third-order valence-corrected chi connectivity index (χ3v) is 4.14. The lowest BCUT2D eigenvalue weighted by Gasteiger charge is -2.42. The number of carbonyl (C=O) groups excluding carboxylic acids is 1. The molecular formula is C15H26N4O3. The van der Waals surface area contributed by atoms with Gasteiger partial charge in [0.15, 0.2) is 0 Å². The minimum atomic E-state index is -0.584. The second-order valence-corrected chi connectivity index (χ2v) is 5.92. The standard InChI is InChI=1S/C15H26N4O3/c1-12-8-17-18(3)13(12)9-19-5-6-22-15(10-19,11-21-4)7-14(20)16-2/h8H,5-7,9-11H2,1-4H3,(H,16,20)/t15-/m1/s1. The van der Waals surface area contributed by atoms with Crippen LogP contribution in [-0.4, -0.2) is 66.6 Å². The topological polar surface area (TPSA) is 68.6 Å². The molecule has 0 saturated carbocycles. The van der Waals surface area contributed by atoms with Crippen LogP contribution in [0.4, 0.5) is 0 Å². The van der Waals surface area contributed by atoms with Gasteiger partial charge in [-0.3, -0.25) is 14.4 Å². The molecule has 1 aromatic heterocycles. The van der Waals surface area contributed by atoms with Crippen molar-refractivity contribution >= 4 is 5.91 Å². The zero-order valence-corrected chi connectivity index (χ0v) is 13.9. The summed E-state index contributed by atoms with van der Waals surface area (Å²) in [4.78, 5) is 14.1. The molecule has 1 amide bonds. The Labute approximate surface area is 131 Å². The predicted octanol–water partition coefficient (Wildman–Crippen LogP) is 0.0820. The summed E-state index contributed by atoms with van der Waals surface area (Å²) >= 11 is 0. The second kappa shape index (κ2) is 7.21. The fraction of sp³-hybridized carbons (Fsp3) is 0.733. The lowest BCUT2D eigenvalue weighted by molar-refractivity contribution is -0.156. The van der Waals surface area contributed by atoms with Gasteiger partial charge in [0.05, 0.1) is 31.5 Å². The molecule has 0 bridgehead atoms. The van der Waals surface area contributed by atoms with Crippen LogP contribution in [0.2, 0.25) is 0 Å². The van der Waals surface area contributed by atoms with Crippen LogP contribution in [0.3, 0.4) is 0 Å². The third-order valence-electron chi connectivity index (χ3n) is 4.14. The number of amides is 1. The lowest BCUT2D eigenvalue weighted by Crippen LogP contribution is -2.55. The van der Waals surface area contributed by atoms with E-state index in [1.54, 1.807) is 14.2 Å². The summed E-state index contributed by atoms with van der Waals surface area (Å²) in [5.74, 6) is -0.0318. The van der Waals surface area contributed by atoms with Crippen LogP contribution < -0.4 is 5.32 Å². The van der Waals surface area contributed by atoms with Crippen molar-refractivity contribution in [2.45, 2.75) is 25.5 Å². The SMILES string of the molecule is CNC(=O)C[C@]1(COC)CN(Cc2c(C)cnn2C)CCO1. The molecule has 0 spiro atoms. The van der Waals surface area contributed by atoms with Crippen molar-refractivity contribution in [3.63, 3.8) is 0 Å². The molecule has 1 aliphatic rings. The Hall–Kier alpha value is -1.44. The summed E-state index contributed by atoms with van der Waals surface area (Å²) in [7, 11) is 5.23. The number of aromatic nitrogens is 2. The highest BCUT2D eigenvalue weighted by Crippen LogP contribution is 2.24. The number of hydrogen-bond donors (Lipinski definition) is 1. The molecule has 1 atom stereocenters. The molecule has 1 N–H and O–H groups in total. The number of carbonyl (C=O) groups is 1. The number of rotatable bonds is 6. The average Bonchev–Trinajstić information content (AvgIpc) is 2.79. The van der Waals surface area contributed by atoms with E-state index in [-0.39, 0.29) is 5.91 Å².